The van der Waals surface area contributed by atoms with Gasteiger partial charge in [0.05, 0.1) is 12.1 Å². The minimum atomic E-state index is -0.523. The van der Waals surface area contributed by atoms with Gasteiger partial charge in [-0.2, -0.15) is 0 Å². The van der Waals surface area contributed by atoms with Crippen LogP contribution >= 0.6 is 23.2 Å². The maximum atomic E-state index is 12.4. The fourth-order valence-electron chi connectivity index (χ4n) is 2.29. The zero-order valence-electron chi connectivity index (χ0n) is 10.7. The number of hydrogen-bond acceptors (Lipinski definition) is 3. The summed E-state index contributed by atoms with van der Waals surface area (Å²) in [5.41, 5.74) is 0.366. The molecule has 0 radical (unpaired) electrons. The number of amides is 1. The van der Waals surface area contributed by atoms with Crippen LogP contribution in [0.4, 0.5) is 0 Å². The first kappa shape index (κ1) is 14.2. The molecule has 1 saturated heterocycles. The molecule has 1 atom stereocenters. The fraction of sp³-hybridized carbons (Fsp3) is 0.500. The van der Waals surface area contributed by atoms with Crippen molar-refractivity contribution in [1.82, 2.24) is 9.47 Å². The predicted octanol–water partition coefficient (Wildman–Crippen LogP) is 2.11. The highest BCUT2D eigenvalue weighted by Gasteiger charge is 2.36. The molecule has 1 unspecified atom stereocenters. The number of rotatable bonds is 2. The Morgan fingerprint density at radius 3 is 2.63 bits per heavy atom. The van der Waals surface area contributed by atoms with Crippen molar-refractivity contribution in [2.45, 2.75) is 18.9 Å². The van der Waals surface area contributed by atoms with Gasteiger partial charge in [-0.25, -0.2) is 4.79 Å². The van der Waals surface area contributed by atoms with Crippen LogP contribution in [0.15, 0.2) is 6.07 Å². The SMILES string of the molecule is COC(=O)C1CCCN1C(=O)c1cc(Cl)c(Cl)n1C. The topological polar surface area (TPSA) is 51.5 Å². The van der Waals surface area contributed by atoms with Crippen molar-refractivity contribution in [3.8, 4) is 0 Å². The molecule has 1 amide bonds. The molecule has 0 N–H and O–H groups in total. The molecule has 1 aromatic heterocycles. The highest BCUT2D eigenvalue weighted by atomic mass is 35.5. The number of hydrogen-bond donors (Lipinski definition) is 0. The molecule has 0 aromatic carbocycles. The van der Waals surface area contributed by atoms with Gasteiger partial charge in [0.25, 0.3) is 5.91 Å². The zero-order valence-corrected chi connectivity index (χ0v) is 12.2. The van der Waals surface area contributed by atoms with E-state index in [1.54, 1.807) is 7.05 Å². The summed E-state index contributed by atoms with van der Waals surface area (Å²) >= 11 is 11.8. The second-order valence-corrected chi connectivity index (χ2v) is 5.17. The molecule has 0 spiro atoms. The summed E-state index contributed by atoms with van der Waals surface area (Å²) in [5, 5.41) is 0.625. The summed E-state index contributed by atoms with van der Waals surface area (Å²) in [7, 11) is 2.98. The van der Waals surface area contributed by atoms with Crippen molar-refractivity contribution in [1.29, 1.82) is 0 Å². The second kappa shape index (κ2) is 5.43. The average molecular weight is 305 g/mol. The van der Waals surface area contributed by atoms with E-state index >= 15 is 0 Å². The maximum Gasteiger partial charge on any atom is 0.328 e. The second-order valence-electron chi connectivity index (χ2n) is 4.41. The molecular formula is C12H14Cl2N2O3. The molecule has 0 bridgehead atoms. The largest absolute Gasteiger partial charge is 0.467 e. The number of ether oxygens (including phenoxy) is 1. The lowest BCUT2D eigenvalue weighted by Gasteiger charge is -2.22. The van der Waals surface area contributed by atoms with Crippen molar-refractivity contribution in [3.63, 3.8) is 0 Å². The molecule has 2 rings (SSSR count). The van der Waals surface area contributed by atoms with Crippen LogP contribution in [-0.2, 0) is 16.6 Å². The number of nitrogens with zero attached hydrogens (tertiary/aromatic N) is 2. The van der Waals surface area contributed by atoms with E-state index in [0.717, 1.165) is 6.42 Å². The van der Waals surface area contributed by atoms with E-state index in [0.29, 0.717) is 28.8 Å². The van der Waals surface area contributed by atoms with Gasteiger partial charge < -0.3 is 14.2 Å². The summed E-state index contributed by atoms with van der Waals surface area (Å²) in [4.78, 5) is 25.6. The molecule has 0 saturated carbocycles. The Hall–Kier alpha value is -1.20. The van der Waals surface area contributed by atoms with Gasteiger partial charge in [-0.05, 0) is 18.9 Å². The Morgan fingerprint density at radius 2 is 2.11 bits per heavy atom. The number of likely N-dealkylation sites (tertiary alicyclic amines) is 1. The van der Waals surface area contributed by atoms with Gasteiger partial charge in [-0.15, -0.1) is 0 Å². The number of carbonyl (C=O) groups is 2. The van der Waals surface area contributed by atoms with Crippen LogP contribution in [-0.4, -0.2) is 41.0 Å². The summed E-state index contributed by atoms with van der Waals surface area (Å²) in [6, 6.07) is 0.990. The number of methoxy groups -OCH3 is 1. The predicted molar refractivity (Wildman–Crippen MR) is 71.5 cm³/mol. The maximum absolute atomic E-state index is 12.4. The minimum Gasteiger partial charge on any atom is -0.467 e. The van der Waals surface area contributed by atoms with Crippen LogP contribution in [0.1, 0.15) is 23.3 Å². The Kier molecular flexibility index (Phi) is 4.06. The molecule has 0 aliphatic carbocycles. The van der Waals surface area contributed by atoms with E-state index in [2.05, 4.69) is 0 Å². The third-order valence-corrected chi connectivity index (χ3v) is 4.16. The first-order valence-electron chi connectivity index (χ1n) is 5.87. The van der Waals surface area contributed by atoms with Crippen molar-refractivity contribution >= 4 is 35.1 Å². The first-order valence-corrected chi connectivity index (χ1v) is 6.62. The van der Waals surface area contributed by atoms with Gasteiger partial charge in [0.1, 0.15) is 16.9 Å². The van der Waals surface area contributed by atoms with Gasteiger partial charge >= 0.3 is 5.97 Å². The molecule has 5 nitrogen and oxygen atoms in total. The number of esters is 1. The summed E-state index contributed by atoms with van der Waals surface area (Å²) < 4.78 is 6.23. The van der Waals surface area contributed by atoms with Crippen LogP contribution in [0.25, 0.3) is 0 Å². The molecule has 2 heterocycles. The quantitative estimate of drug-likeness (QED) is 0.786. The Balaban J connectivity index is 2.28. The molecule has 1 aliphatic rings. The van der Waals surface area contributed by atoms with E-state index in [9.17, 15) is 9.59 Å². The van der Waals surface area contributed by atoms with Gasteiger partial charge in [0, 0.05) is 13.6 Å². The van der Waals surface area contributed by atoms with Crippen molar-refractivity contribution in [2.24, 2.45) is 7.05 Å². The van der Waals surface area contributed by atoms with Crippen LogP contribution < -0.4 is 0 Å². The lowest BCUT2D eigenvalue weighted by atomic mass is 10.2. The highest BCUT2D eigenvalue weighted by Crippen LogP contribution is 2.28. The van der Waals surface area contributed by atoms with Crippen LogP contribution in [0, 0.1) is 0 Å². The zero-order chi connectivity index (χ0) is 14.2. The van der Waals surface area contributed by atoms with Crippen LogP contribution in [0.3, 0.4) is 0 Å². The van der Waals surface area contributed by atoms with Gasteiger partial charge in [0.15, 0.2) is 0 Å². The monoisotopic (exact) mass is 304 g/mol. The van der Waals surface area contributed by atoms with E-state index in [-0.39, 0.29) is 5.91 Å². The first-order chi connectivity index (χ1) is 8.97. The third-order valence-electron chi connectivity index (χ3n) is 3.32. The van der Waals surface area contributed by atoms with E-state index in [1.165, 1.54) is 22.6 Å². The fourth-order valence-corrected chi connectivity index (χ4v) is 2.66. The van der Waals surface area contributed by atoms with E-state index in [1.807, 2.05) is 0 Å². The van der Waals surface area contributed by atoms with Crippen molar-refractivity contribution in [2.75, 3.05) is 13.7 Å². The van der Waals surface area contributed by atoms with Gasteiger partial charge in [-0.1, -0.05) is 23.2 Å². The van der Waals surface area contributed by atoms with Crippen LogP contribution in [0.2, 0.25) is 10.2 Å². The normalized spacial score (nSPS) is 18.7. The lowest BCUT2D eigenvalue weighted by molar-refractivity contribution is -0.145. The number of aromatic nitrogens is 1. The number of carbonyl (C=O) groups excluding carboxylic acids is 2. The van der Waals surface area contributed by atoms with Crippen molar-refractivity contribution in [3.05, 3.63) is 21.9 Å². The Bertz CT molecular complexity index is 527. The molecule has 1 aromatic rings. The standard InChI is InChI=1S/C12H14Cl2N2O3/c1-15-9(6-7(13)10(15)14)11(17)16-5-3-4-8(16)12(18)19-2/h6,8H,3-5H2,1-2H3. The summed E-state index contributed by atoms with van der Waals surface area (Å²) in [6.07, 6.45) is 1.39. The summed E-state index contributed by atoms with van der Waals surface area (Å²) in [6.45, 7) is 0.527. The smallest absolute Gasteiger partial charge is 0.328 e. The Labute approximate surface area is 121 Å². The highest BCUT2D eigenvalue weighted by molar-refractivity contribution is 6.41. The van der Waals surface area contributed by atoms with E-state index < -0.39 is 12.0 Å². The molecule has 1 fully saturated rings. The average Bonchev–Trinajstić information content (AvgIpc) is 2.98. The molecule has 19 heavy (non-hydrogen) atoms. The minimum absolute atomic E-state index is 0.260. The molecule has 104 valence electrons. The van der Waals surface area contributed by atoms with Gasteiger partial charge in [0.2, 0.25) is 0 Å². The van der Waals surface area contributed by atoms with Gasteiger partial charge in [-0.3, -0.25) is 4.79 Å². The van der Waals surface area contributed by atoms with Crippen molar-refractivity contribution < 1.29 is 14.3 Å². The third kappa shape index (κ3) is 2.44. The number of halogens is 2. The summed E-state index contributed by atoms with van der Waals surface area (Å²) in [5.74, 6) is -0.651. The van der Waals surface area contributed by atoms with Crippen LogP contribution in [0.5, 0.6) is 0 Å². The molecule has 1 aliphatic heterocycles. The molecular weight excluding hydrogens is 291 g/mol. The van der Waals surface area contributed by atoms with E-state index in [4.69, 9.17) is 27.9 Å². The molecule has 7 heteroatoms. The Morgan fingerprint density at radius 1 is 1.42 bits per heavy atom. The lowest BCUT2D eigenvalue weighted by Crippen LogP contribution is -2.41.